The van der Waals surface area contributed by atoms with Gasteiger partial charge in [-0.25, -0.2) is 0 Å². The first-order valence-electron chi connectivity index (χ1n) is 13.3. The first-order valence-corrected chi connectivity index (χ1v) is 13.3. The summed E-state index contributed by atoms with van der Waals surface area (Å²) in [5.74, 6) is -0.0456. The standard InChI is InChI=1S/C28H30F2N6O4/c1-4-21(37)36-15-27(16-36)9-11-35(14-27)25-19(12-31)23(32-26(33-25)38-13-18-6-5-10-34(18)3)22-17(2)7-8-20-24(22)40-28(29,30)39-20/h4,7-8,18H,1,5-6,9-11,13-16H2,2-3H3/t18-/m0/s1. The van der Waals surface area contributed by atoms with E-state index < -0.39 is 6.29 Å². The van der Waals surface area contributed by atoms with Crippen LogP contribution in [0.15, 0.2) is 24.8 Å². The first-order chi connectivity index (χ1) is 19.1. The highest BCUT2D eigenvalue weighted by Gasteiger charge is 2.50. The number of likely N-dealkylation sites (tertiary alicyclic amines) is 2. The summed E-state index contributed by atoms with van der Waals surface area (Å²) in [5.41, 5.74) is 0.982. The molecule has 10 nitrogen and oxygen atoms in total. The van der Waals surface area contributed by atoms with E-state index in [0.29, 0.717) is 44.2 Å². The smallest absolute Gasteiger partial charge is 0.462 e. The van der Waals surface area contributed by atoms with E-state index in [1.165, 1.54) is 12.1 Å². The summed E-state index contributed by atoms with van der Waals surface area (Å²) in [5, 5.41) is 10.4. The Hall–Kier alpha value is -3.98. The Labute approximate surface area is 230 Å². The average molecular weight is 553 g/mol. The lowest BCUT2D eigenvalue weighted by Crippen LogP contribution is -2.59. The molecule has 3 fully saturated rings. The highest BCUT2D eigenvalue weighted by Crippen LogP contribution is 2.50. The molecular formula is C28H30F2N6O4. The number of nitrogens with zero attached hydrogens (tertiary/aromatic N) is 6. The van der Waals surface area contributed by atoms with Crippen LogP contribution in [0.25, 0.3) is 11.3 Å². The van der Waals surface area contributed by atoms with Gasteiger partial charge in [0.05, 0.1) is 5.56 Å². The topological polar surface area (TPSA) is 104 Å². The second kappa shape index (κ2) is 9.59. The van der Waals surface area contributed by atoms with Gasteiger partial charge in [0, 0.05) is 37.6 Å². The van der Waals surface area contributed by atoms with Crippen LogP contribution in [0.3, 0.4) is 0 Å². The maximum Gasteiger partial charge on any atom is 0.586 e. The molecular weight excluding hydrogens is 522 g/mol. The molecule has 210 valence electrons. The Bertz CT molecular complexity index is 1420. The van der Waals surface area contributed by atoms with E-state index in [1.54, 1.807) is 17.9 Å². The van der Waals surface area contributed by atoms with E-state index in [0.717, 1.165) is 25.8 Å². The number of anilines is 1. The summed E-state index contributed by atoms with van der Waals surface area (Å²) < 4.78 is 43.9. The third-order valence-corrected chi connectivity index (χ3v) is 8.35. The van der Waals surface area contributed by atoms with Gasteiger partial charge in [0.2, 0.25) is 5.91 Å². The van der Waals surface area contributed by atoms with Crippen molar-refractivity contribution in [1.82, 2.24) is 19.8 Å². The molecule has 0 aliphatic carbocycles. The van der Waals surface area contributed by atoms with Crippen LogP contribution in [0.2, 0.25) is 0 Å². The maximum atomic E-state index is 14.1. The van der Waals surface area contributed by atoms with Gasteiger partial charge in [0.1, 0.15) is 23.9 Å². The van der Waals surface area contributed by atoms with Crippen LogP contribution in [0, 0.1) is 23.7 Å². The Morgan fingerprint density at radius 2 is 2.08 bits per heavy atom. The van der Waals surface area contributed by atoms with Gasteiger partial charge in [0.25, 0.3) is 0 Å². The average Bonchev–Trinajstić information content (AvgIpc) is 3.61. The molecule has 1 atom stereocenters. The summed E-state index contributed by atoms with van der Waals surface area (Å²) >= 11 is 0. The highest BCUT2D eigenvalue weighted by atomic mass is 19.3. The Morgan fingerprint density at radius 3 is 2.77 bits per heavy atom. The maximum absolute atomic E-state index is 14.1. The lowest BCUT2D eigenvalue weighted by Gasteiger charge is -2.47. The van der Waals surface area contributed by atoms with Crippen molar-refractivity contribution in [1.29, 1.82) is 5.26 Å². The third-order valence-electron chi connectivity index (χ3n) is 8.35. The van der Waals surface area contributed by atoms with Gasteiger partial charge in [-0.05, 0) is 57.5 Å². The molecule has 1 aromatic carbocycles. The fourth-order valence-electron chi connectivity index (χ4n) is 6.19. The number of carbonyl (C=O) groups excluding carboxylic acids is 1. The minimum absolute atomic E-state index is 0.0602. The Kier molecular flexibility index (Phi) is 6.29. The van der Waals surface area contributed by atoms with Gasteiger partial charge in [-0.15, -0.1) is 8.78 Å². The van der Waals surface area contributed by atoms with E-state index in [2.05, 4.69) is 27.5 Å². The van der Waals surface area contributed by atoms with Crippen LogP contribution < -0.4 is 19.1 Å². The summed E-state index contributed by atoms with van der Waals surface area (Å²) in [6.45, 7) is 9.00. The van der Waals surface area contributed by atoms with Gasteiger partial charge >= 0.3 is 12.3 Å². The number of ether oxygens (including phenoxy) is 3. The number of hydrogen-bond donors (Lipinski definition) is 0. The number of amides is 1. The molecule has 1 aromatic heterocycles. The molecule has 5 heterocycles. The zero-order chi connectivity index (χ0) is 28.2. The summed E-state index contributed by atoms with van der Waals surface area (Å²) in [4.78, 5) is 27.3. The molecule has 2 aromatic rings. The van der Waals surface area contributed by atoms with Gasteiger partial charge in [-0.2, -0.15) is 15.2 Å². The van der Waals surface area contributed by atoms with E-state index in [9.17, 15) is 18.8 Å². The molecule has 40 heavy (non-hydrogen) atoms. The first kappa shape index (κ1) is 26.3. The number of hydrogen-bond acceptors (Lipinski definition) is 9. The number of likely N-dealkylation sites (N-methyl/N-ethyl adjacent to an activating group) is 1. The molecule has 0 unspecified atom stereocenters. The van der Waals surface area contributed by atoms with Gasteiger partial charge in [-0.3, -0.25) is 4.79 Å². The molecule has 1 amide bonds. The molecule has 0 N–H and O–H groups in total. The van der Waals surface area contributed by atoms with E-state index in [-0.39, 0.29) is 51.7 Å². The van der Waals surface area contributed by atoms with Gasteiger partial charge in [-0.1, -0.05) is 12.6 Å². The number of halogens is 2. The fraction of sp³-hybridized carbons (Fsp3) is 0.500. The molecule has 1 spiro atoms. The van der Waals surface area contributed by atoms with E-state index in [1.807, 2.05) is 11.9 Å². The zero-order valence-electron chi connectivity index (χ0n) is 22.5. The fourth-order valence-corrected chi connectivity index (χ4v) is 6.19. The van der Waals surface area contributed by atoms with Crippen LogP contribution in [0.1, 0.15) is 30.4 Å². The normalized spacial score (nSPS) is 22.3. The van der Waals surface area contributed by atoms with Crippen molar-refractivity contribution in [3.8, 4) is 34.8 Å². The summed E-state index contributed by atoms with van der Waals surface area (Å²) in [7, 11) is 2.04. The lowest BCUT2D eigenvalue weighted by molar-refractivity contribution is -0.286. The van der Waals surface area contributed by atoms with Crippen LogP contribution in [-0.2, 0) is 4.79 Å². The number of carbonyl (C=O) groups is 1. The lowest BCUT2D eigenvalue weighted by atomic mass is 9.79. The molecule has 6 rings (SSSR count). The van der Waals surface area contributed by atoms with Crippen molar-refractivity contribution >= 4 is 11.7 Å². The number of nitriles is 1. The van der Waals surface area contributed by atoms with E-state index >= 15 is 0 Å². The molecule has 0 saturated carbocycles. The van der Waals surface area contributed by atoms with Crippen molar-refractivity contribution in [3.05, 3.63) is 35.9 Å². The van der Waals surface area contributed by atoms with Crippen LogP contribution >= 0.6 is 0 Å². The van der Waals surface area contributed by atoms with Crippen molar-refractivity contribution in [2.75, 3.05) is 51.3 Å². The SMILES string of the molecule is C=CC(=O)N1CC2(CCN(c3nc(OC[C@@H]4CCCN4C)nc(-c4c(C)ccc5c4OC(F)(F)O5)c3C#N)C2)C1. The predicted octanol–water partition coefficient (Wildman–Crippen LogP) is 3.34. The van der Waals surface area contributed by atoms with Crippen molar-refractivity contribution in [2.45, 2.75) is 38.5 Å². The minimum Gasteiger partial charge on any atom is -0.462 e. The Morgan fingerprint density at radius 1 is 1.27 bits per heavy atom. The molecule has 4 aliphatic heterocycles. The number of alkyl halides is 2. The van der Waals surface area contributed by atoms with Crippen molar-refractivity contribution in [2.24, 2.45) is 5.41 Å². The zero-order valence-corrected chi connectivity index (χ0v) is 22.5. The van der Waals surface area contributed by atoms with Crippen molar-refractivity contribution in [3.63, 3.8) is 0 Å². The second-order valence-electron chi connectivity index (χ2n) is 11.1. The molecule has 4 aliphatic rings. The number of aromatic nitrogens is 2. The number of fused-ring (bicyclic) bond motifs is 1. The summed E-state index contributed by atoms with van der Waals surface area (Å²) in [6, 6.07) is 5.51. The predicted molar refractivity (Wildman–Crippen MR) is 140 cm³/mol. The van der Waals surface area contributed by atoms with Crippen LogP contribution in [0.4, 0.5) is 14.6 Å². The van der Waals surface area contributed by atoms with Gasteiger partial charge < -0.3 is 28.9 Å². The van der Waals surface area contributed by atoms with Crippen LogP contribution in [-0.4, -0.2) is 84.4 Å². The van der Waals surface area contributed by atoms with Crippen LogP contribution in [0.5, 0.6) is 17.5 Å². The quantitative estimate of drug-likeness (QED) is 0.499. The molecule has 12 heteroatoms. The molecule has 0 bridgehead atoms. The minimum atomic E-state index is -3.83. The second-order valence-corrected chi connectivity index (χ2v) is 11.1. The highest BCUT2D eigenvalue weighted by molar-refractivity contribution is 5.88. The largest absolute Gasteiger partial charge is 0.586 e. The molecule has 3 saturated heterocycles. The summed E-state index contributed by atoms with van der Waals surface area (Å²) in [6.07, 6.45) is 0.333. The van der Waals surface area contributed by atoms with Gasteiger partial charge in [0.15, 0.2) is 17.3 Å². The number of aryl methyl sites for hydroxylation is 1. The molecule has 0 radical (unpaired) electrons. The van der Waals surface area contributed by atoms with Crippen molar-refractivity contribution < 1.29 is 27.8 Å². The monoisotopic (exact) mass is 552 g/mol. The number of rotatable bonds is 6. The Balaban J connectivity index is 1.40. The number of benzene rings is 1. The third kappa shape index (κ3) is 4.48. The van der Waals surface area contributed by atoms with E-state index in [4.69, 9.17) is 14.2 Å².